The molecule has 3 aromatic rings. The summed E-state index contributed by atoms with van der Waals surface area (Å²) < 4.78 is 5.33. The van der Waals surface area contributed by atoms with Crippen molar-refractivity contribution in [1.82, 2.24) is 19.9 Å². The molecule has 1 N–H and O–H groups in total. The second-order valence-electron chi connectivity index (χ2n) is 3.60. The lowest BCUT2D eigenvalue weighted by molar-refractivity contribution is 0.428. The summed E-state index contributed by atoms with van der Waals surface area (Å²) in [6, 6.07) is 0. The lowest BCUT2D eigenvalue weighted by Crippen LogP contribution is -1.86. The molecule has 0 aliphatic rings. The first-order chi connectivity index (χ1) is 8.29. The number of hydrogen-bond donors (Lipinski definition) is 1. The summed E-state index contributed by atoms with van der Waals surface area (Å²) in [4.78, 5) is 15.9. The maximum atomic E-state index is 5.33. The van der Waals surface area contributed by atoms with Crippen molar-refractivity contribution in [3.63, 3.8) is 0 Å². The largest absolute Gasteiger partial charge is 0.487 e. The van der Waals surface area contributed by atoms with Crippen LogP contribution < -0.4 is 4.74 Å². The number of nitrogens with one attached hydrogen (secondary N) is 1. The van der Waals surface area contributed by atoms with Crippen molar-refractivity contribution in [1.29, 1.82) is 0 Å². The molecule has 0 aromatic carbocycles. The number of aromatic nitrogens is 4. The van der Waals surface area contributed by atoms with Crippen molar-refractivity contribution < 1.29 is 4.74 Å². The number of methoxy groups -OCH3 is 1. The van der Waals surface area contributed by atoms with Crippen LogP contribution in [0.1, 0.15) is 5.56 Å². The first-order valence-electron chi connectivity index (χ1n) is 5.09. The zero-order valence-electron chi connectivity index (χ0n) is 9.39. The summed E-state index contributed by atoms with van der Waals surface area (Å²) in [5, 5.41) is 2.89. The van der Waals surface area contributed by atoms with E-state index in [-0.39, 0.29) is 0 Å². The van der Waals surface area contributed by atoms with E-state index < -0.39 is 0 Å². The molecule has 0 saturated heterocycles. The standard InChI is InChI=1S/C11H10N4OS/c1-6-5-17-11(16-2)7(6)8-14-9-10(15-8)13-4-3-12-9/h3-5H,1-2H3,(H,12,13,14,15). The third-order valence-corrected chi connectivity index (χ3v) is 3.55. The molecule has 0 radical (unpaired) electrons. The van der Waals surface area contributed by atoms with Crippen molar-refractivity contribution in [3.8, 4) is 16.5 Å². The topological polar surface area (TPSA) is 63.7 Å². The predicted octanol–water partition coefficient (Wildman–Crippen LogP) is 2.40. The van der Waals surface area contributed by atoms with Gasteiger partial charge in [-0.25, -0.2) is 15.0 Å². The van der Waals surface area contributed by atoms with Gasteiger partial charge in [-0.2, -0.15) is 0 Å². The van der Waals surface area contributed by atoms with E-state index in [4.69, 9.17) is 4.74 Å². The minimum atomic E-state index is 0.621. The number of aromatic amines is 1. The van der Waals surface area contributed by atoms with Crippen molar-refractivity contribution >= 4 is 22.6 Å². The molecule has 0 unspecified atom stereocenters. The fraction of sp³-hybridized carbons (Fsp3) is 0.182. The summed E-state index contributed by atoms with van der Waals surface area (Å²) in [6.45, 7) is 2.03. The van der Waals surface area contributed by atoms with Gasteiger partial charge in [-0.1, -0.05) is 0 Å². The number of nitrogens with zero attached hydrogens (tertiary/aromatic N) is 3. The van der Waals surface area contributed by atoms with Crippen molar-refractivity contribution in [2.45, 2.75) is 6.92 Å². The van der Waals surface area contributed by atoms with E-state index in [9.17, 15) is 0 Å². The van der Waals surface area contributed by atoms with Gasteiger partial charge in [0.15, 0.2) is 16.4 Å². The van der Waals surface area contributed by atoms with Crippen LogP contribution >= 0.6 is 11.3 Å². The SMILES string of the molecule is COc1scc(C)c1-c1nc2nccnc2[nH]1. The molecular formula is C11H10N4OS. The van der Waals surface area contributed by atoms with Gasteiger partial charge in [-0.15, -0.1) is 11.3 Å². The van der Waals surface area contributed by atoms with Gasteiger partial charge < -0.3 is 9.72 Å². The Hall–Kier alpha value is -1.95. The Morgan fingerprint density at radius 2 is 2.12 bits per heavy atom. The lowest BCUT2D eigenvalue weighted by atomic mass is 10.2. The molecule has 3 aromatic heterocycles. The van der Waals surface area contributed by atoms with Crippen LogP contribution in [0, 0.1) is 6.92 Å². The van der Waals surface area contributed by atoms with Gasteiger partial charge in [0.1, 0.15) is 5.82 Å². The lowest BCUT2D eigenvalue weighted by Gasteiger charge is -1.99. The Morgan fingerprint density at radius 1 is 1.29 bits per heavy atom. The van der Waals surface area contributed by atoms with Crippen LogP contribution in [-0.4, -0.2) is 27.0 Å². The van der Waals surface area contributed by atoms with Gasteiger partial charge in [-0.05, 0) is 17.9 Å². The third kappa shape index (κ3) is 1.57. The molecular weight excluding hydrogens is 236 g/mol. The predicted molar refractivity (Wildman–Crippen MR) is 66.3 cm³/mol. The Labute approximate surface area is 102 Å². The highest BCUT2D eigenvalue weighted by Crippen LogP contribution is 2.37. The molecule has 0 aliphatic carbocycles. The van der Waals surface area contributed by atoms with Crippen LogP contribution in [0.25, 0.3) is 22.7 Å². The molecule has 86 valence electrons. The van der Waals surface area contributed by atoms with Crippen LogP contribution in [0.4, 0.5) is 0 Å². The van der Waals surface area contributed by atoms with E-state index >= 15 is 0 Å². The molecule has 0 aliphatic heterocycles. The number of thiophene rings is 1. The quantitative estimate of drug-likeness (QED) is 0.754. The van der Waals surface area contributed by atoms with Crippen LogP contribution in [0.2, 0.25) is 0 Å². The fourth-order valence-electron chi connectivity index (χ4n) is 1.72. The molecule has 17 heavy (non-hydrogen) atoms. The summed E-state index contributed by atoms with van der Waals surface area (Å²) in [7, 11) is 1.66. The maximum absolute atomic E-state index is 5.33. The van der Waals surface area contributed by atoms with Gasteiger partial charge in [0.05, 0.1) is 12.7 Å². The number of aryl methyl sites for hydroxylation is 1. The number of imidazole rings is 1. The smallest absolute Gasteiger partial charge is 0.197 e. The Morgan fingerprint density at radius 3 is 2.88 bits per heavy atom. The van der Waals surface area contributed by atoms with Crippen LogP contribution in [-0.2, 0) is 0 Å². The highest BCUT2D eigenvalue weighted by atomic mass is 32.1. The second kappa shape index (κ2) is 3.81. The molecule has 3 heterocycles. The normalized spacial score (nSPS) is 10.9. The highest BCUT2D eigenvalue weighted by Gasteiger charge is 2.15. The van der Waals surface area contributed by atoms with E-state index in [1.807, 2.05) is 12.3 Å². The van der Waals surface area contributed by atoms with Crippen molar-refractivity contribution in [2.75, 3.05) is 7.11 Å². The zero-order valence-corrected chi connectivity index (χ0v) is 10.2. The zero-order chi connectivity index (χ0) is 11.8. The molecule has 3 rings (SSSR count). The summed E-state index contributed by atoms with van der Waals surface area (Å²) in [5.74, 6) is 0.752. The first kappa shape index (κ1) is 10.2. The van der Waals surface area contributed by atoms with Gasteiger partial charge in [0, 0.05) is 12.4 Å². The minimum absolute atomic E-state index is 0.621. The number of rotatable bonds is 2. The summed E-state index contributed by atoms with van der Waals surface area (Å²) >= 11 is 1.56. The van der Waals surface area contributed by atoms with Crippen LogP contribution in [0.3, 0.4) is 0 Å². The van der Waals surface area contributed by atoms with E-state index in [0.717, 1.165) is 22.0 Å². The number of hydrogen-bond acceptors (Lipinski definition) is 5. The molecule has 6 heteroatoms. The second-order valence-corrected chi connectivity index (χ2v) is 4.44. The monoisotopic (exact) mass is 246 g/mol. The van der Waals surface area contributed by atoms with E-state index in [1.54, 1.807) is 30.8 Å². The molecule has 0 spiro atoms. The van der Waals surface area contributed by atoms with Crippen LogP contribution in [0.5, 0.6) is 5.06 Å². The number of ether oxygens (including phenoxy) is 1. The van der Waals surface area contributed by atoms with E-state index in [0.29, 0.717) is 11.3 Å². The van der Waals surface area contributed by atoms with Crippen molar-refractivity contribution in [2.24, 2.45) is 0 Å². The number of fused-ring (bicyclic) bond motifs is 1. The number of H-pyrrole nitrogens is 1. The first-order valence-corrected chi connectivity index (χ1v) is 5.96. The average Bonchev–Trinajstić information content (AvgIpc) is 2.91. The average molecular weight is 246 g/mol. The molecule has 0 fully saturated rings. The van der Waals surface area contributed by atoms with E-state index in [1.165, 1.54) is 0 Å². The van der Waals surface area contributed by atoms with Gasteiger partial charge in [0.2, 0.25) is 0 Å². The summed E-state index contributed by atoms with van der Waals surface area (Å²) in [5.41, 5.74) is 3.42. The maximum Gasteiger partial charge on any atom is 0.197 e. The van der Waals surface area contributed by atoms with Crippen molar-refractivity contribution in [3.05, 3.63) is 23.3 Å². The van der Waals surface area contributed by atoms with Gasteiger partial charge in [0.25, 0.3) is 0 Å². The van der Waals surface area contributed by atoms with Crippen LogP contribution in [0.15, 0.2) is 17.8 Å². The molecule has 0 amide bonds. The molecule has 5 nitrogen and oxygen atoms in total. The fourth-order valence-corrected chi connectivity index (χ4v) is 2.59. The Kier molecular flexibility index (Phi) is 2.29. The molecule has 0 atom stereocenters. The summed E-state index contributed by atoms with van der Waals surface area (Å²) in [6.07, 6.45) is 3.27. The highest BCUT2D eigenvalue weighted by molar-refractivity contribution is 7.12. The Balaban J connectivity index is 2.23. The van der Waals surface area contributed by atoms with Gasteiger partial charge >= 0.3 is 0 Å². The Bertz CT molecular complexity index is 640. The third-order valence-electron chi connectivity index (χ3n) is 2.50. The van der Waals surface area contributed by atoms with Gasteiger partial charge in [-0.3, -0.25) is 0 Å². The molecule has 0 bridgehead atoms. The molecule has 0 saturated carbocycles. The minimum Gasteiger partial charge on any atom is -0.487 e. The van der Waals surface area contributed by atoms with E-state index in [2.05, 4.69) is 19.9 Å².